The Morgan fingerprint density at radius 2 is 1.62 bits per heavy atom. The average Bonchev–Trinajstić information content (AvgIpc) is 3.36. The van der Waals surface area contributed by atoms with Crippen molar-refractivity contribution in [2.75, 3.05) is 27.3 Å². The molecule has 1 aliphatic carbocycles. The Labute approximate surface area is 239 Å². The standard InChI is InChI=1S/C30H46N4O4S/c1-36-26-15-14-23(20-27(26)37-2)22-31-28(35)25-21-30(38-33-25)16-18-34(19-17-30)29(39)32-24-12-10-8-6-4-3-5-7-9-11-13-24/h14-15,20,24H,3-13,16-19,21-22H2,1-2H3,(H,31,35)(H,32,39). The molecule has 2 aliphatic heterocycles. The molecule has 1 saturated heterocycles. The second-order valence-corrected chi connectivity index (χ2v) is 11.6. The third-order valence-electron chi connectivity index (χ3n) is 8.40. The van der Waals surface area contributed by atoms with Crippen molar-refractivity contribution >= 4 is 28.9 Å². The summed E-state index contributed by atoms with van der Waals surface area (Å²) in [5, 5.41) is 11.7. The molecule has 2 heterocycles. The van der Waals surface area contributed by atoms with Gasteiger partial charge in [0.25, 0.3) is 5.91 Å². The van der Waals surface area contributed by atoms with E-state index in [1.165, 1.54) is 70.6 Å². The van der Waals surface area contributed by atoms with Crippen LogP contribution in [-0.4, -0.2) is 60.6 Å². The van der Waals surface area contributed by atoms with Gasteiger partial charge in [-0.3, -0.25) is 4.79 Å². The van der Waals surface area contributed by atoms with E-state index >= 15 is 0 Å². The molecule has 4 rings (SSSR count). The highest BCUT2D eigenvalue weighted by atomic mass is 32.1. The Hall–Kier alpha value is -2.55. The normalized spacial score (nSPS) is 20.7. The van der Waals surface area contributed by atoms with Crippen LogP contribution >= 0.6 is 12.2 Å². The van der Waals surface area contributed by atoms with Gasteiger partial charge in [-0.25, -0.2) is 0 Å². The first kappa shape index (κ1) is 29.4. The maximum atomic E-state index is 12.8. The zero-order valence-corrected chi connectivity index (χ0v) is 24.6. The van der Waals surface area contributed by atoms with Crippen molar-refractivity contribution < 1.29 is 19.1 Å². The molecular weight excluding hydrogens is 512 g/mol. The molecule has 8 nitrogen and oxygen atoms in total. The Morgan fingerprint density at radius 1 is 1.00 bits per heavy atom. The van der Waals surface area contributed by atoms with E-state index in [9.17, 15) is 4.79 Å². The summed E-state index contributed by atoms with van der Waals surface area (Å²) < 4.78 is 10.6. The number of likely N-dealkylation sites (tertiary alicyclic amines) is 1. The van der Waals surface area contributed by atoms with Crippen LogP contribution in [0, 0.1) is 0 Å². The van der Waals surface area contributed by atoms with Crippen molar-refractivity contribution in [1.82, 2.24) is 15.5 Å². The van der Waals surface area contributed by atoms with Gasteiger partial charge in [-0.2, -0.15) is 0 Å². The fourth-order valence-electron chi connectivity index (χ4n) is 5.88. The number of methoxy groups -OCH3 is 2. The van der Waals surface area contributed by atoms with E-state index in [0.29, 0.717) is 36.2 Å². The van der Waals surface area contributed by atoms with E-state index in [1.807, 2.05) is 18.2 Å². The molecule has 39 heavy (non-hydrogen) atoms. The van der Waals surface area contributed by atoms with Crippen molar-refractivity contribution in [3.05, 3.63) is 23.8 Å². The molecular formula is C30H46N4O4S. The quantitative estimate of drug-likeness (QED) is 0.448. The predicted octanol–water partition coefficient (Wildman–Crippen LogP) is 5.48. The number of hydrogen-bond acceptors (Lipinski definition) is 6. The van der Waals surface area contributed by atoms with Crippen LogP contribution in [0.1, 0.15) is 95.5 Å². The Bertz CT molecular complexity index is 981. The number of nitrogens with zero attached hydrogens (tertiary/aromatic N) is 2. The van der Waals surface area contributed by atoms with Gasteiger partial charge in [0.2, 0.25) is 0 Å². The number of oxime groups is 1. The van der Waals surface area contributed by atoms with Crippen molar-refractivity contribution in [2.45, 2.75) is 108 Å². The lowest BCUT2D eigenvalue weighted by Gasteiger charge is -2.39. The number of amides is 1. The number of hydrogen-bond donors (Lipinski definition) is 2. The highest BCUT2D eigenvalue weighted by molar-refractivity contribution is 7.80. The Morgan fingerprint density at radius 3 is 2.23 bits per heavy atom. The molecule has 1 aromatic carbocycles. The number of benzene rings is 1. The van der Waals surface area contributed by atoms with Crippen LogP contribution in [-0.2, 0) is 16.2 Å². The van der Waals surface area contributed by atoms with Gasteiger partial charge in [-0.05, 0) is 42.8 Å². The van der Waals surface area contributed by atoms with Crippen molar-refractivity contribution in [2.24, 2.45) is 5.16 Å². The summed E-state index contributed by atoms with van der Waals surface area (Å²) in [5.74, 6) is 1.10. The maximum absolute atomic E-state index is 12.8. The third kappa shape index (κ3) is 8.47. The van der Waals surface area contributed by atoms with Gasteiger partial charge in [0, 0.05) is 44.9 Å². The number of carbonyl (C=O) groups is 1. The van der Waals surface area contributed by atoms with Crippen LogP contribution in [0.2, 0.25) is 0 Å². The average molecular weight is 559 g/mol. The minimum Gasteiger partial charge on any atom is -0.493 e. The molecule has 0 atom stereocenters. The number of piperidine rings is 1. The molecule has 0 unspecified atom stereocenters. The molecule has 0 aromatic heterocycles. The zero-order chi connectivity index (χ0) is 27.5. The number of ether oxygens (including phenoxy) is 2. The van der Waals surface area contributed by atoms with Gasteiger partial charge in [0.15, 0.2) is 16.6 Å². The molecule has 2 N–H and O–H groups in total. The summed E-state index contributed by atoms with van der Waals surface area (Å²) in [6.45, 7) is 2.00. The first-order chi connectivity index (χ1) is 19.0. The van der Waals surface area contributed by atoms with Crippen LogP contribution in [0.4, 0.5) is 0 Å². The van der Waals surface area contributed by atoms with Crippen LogP contribution in [0.25, 0.3) is 0 Å². The molecule has 2 fully saturated rings. The number of carbonyl (C=O) groups excluding carboxylic acids is 1. The van der Waals surface area contributed by atoms with E-state index in [-0.39, 0.29) is 5.91 Å². The fraction of sp³-hybridized carbons (Fsp3) is 0.700. The van der Waals surface area contributed by atoms with E-state index in [2.05, 4.69) is 20.7 Å². The third-order valence-corrected chi connectivity index (χ3v) is 8.77. The van der Waals surface area contributed by atoms with Crippen molar-refractivity contribution in [1.29, 1.82) is 0 Å². The molecule has 0 bridgehead atoms. The van der Waals surface area contributed by atoms with Gasteiger partial charge in [-0.1, -0.05) is 69.0 Å². The van der Waals surface area contributed by atoms with Gasteiger partial charge in [0.05, 0.1) is 14.2 Å². The monoisotopic (exact) mass is 558 g/mol. The summed E-state index contributed by atoms with van der Waals surface area (Å²) in [5.41, 5.74) is 0.971. The van der Waals surface area contributed by atoms with E-state index < -0.39 is 5.60 Å². The maximum Gasteiger partial charge on any atom is 0.269 e. The molecule has 1 aromatic rings. The minimum absolute atomic E-state index is 0.191. The summed E-state index contributed by atoms with van der Waals surface area (Å²) in [6.07, 6.45) is 16.7. The van der Waals surface area contributed by atoms with Crippen LogP contribution in [0.3, 0.4) is 0 Å². The van der Waals surface area contributed by atoms with Crippen LogP contribution in [0.15, 0.2) is 23.4 Å². The number of thiocarbonyl (C=S) groups is 1. The minimum atomic E-state index is -0.407. The summed E-state index contributed by atoms with van der Waals surface area (Å²) >= 11 is 5.85. The smallest absolute Gasteiger partial charge is 0.269 e. The number of nitrogens with one attached hydrogen (secondary N) is 2. The SMILES string of the molecule is COc1ccc(CNC(=O)C2=NOC3(CCN(C(=S)NC4CCCCCCCCCCC4)CC3)C2)cc1OC. The Balaban J connectivity index is 1.21. The molecule has 0 radical (unpaired) electrons. The highest BCUT2D eigenvalue weighted by Gasteiger charge is 2.44. The molecule has 1 spiro atoms. The lowest BCUT2D eigenvalue weighted by molar-refractivity contribution is -0.115. The first-order valence-corrected chi connectivity index (χ1v) is 15.2. The van der Waals surface area contributed by atoms with Gasteiger partial charge in [-0.15, -0.1) is 0 Å². The summed E-state index contributed by atoms with van der Waals surface area (Å²) in [7, 11) is 3.20. The Kier molecular flexibility index (Phi) is 11.1. The van der Waals surface area contributed by atoms with E-state index in [1.54, 1.807) is 14.2 Å². The van der Waals surface area contributed by atoms with Crippen molar-refractivity contribution in [3.63, 3.8) is 0 Å². The van der Waals surface area contributed by atoms with Crippen LogP contribution < -0.4 is 20.1 Å². The first-order valence-electron chi connectivity index (χ1n) is 14.8. The lowest BCUT2D eigenvalue weighted by atomic mass is 9.87. The van der Waals surface area contributed by atoms with Crippen LogP contribution in [0.5, 0.6) is 11.5 Å². The summed E-state index contributed by atoms with van der Waals surface area (Å²) in [6, 6.07) is 6.08. The zero-order valence-electron chi connectivity index (χ0n) is 23.8. The topological polar surface area (TPSA) is 84.4 Å². The van der Waals surface area contributed by atoms with Gasteiger partial charge in [0.1, 0.15) is 11.3 Å². The number of rotatable bonds is 6. The second-order valence-electron chi connectivity index (χ2n) is 11.3. The molecule has 1 saturated carbocycles. The second kappa shape index (κ2) is 14.7. The molecule has 1 amide bonds. The van der Waals surface area contributed by atoms with Gasteiger partial charge >= 0.3 is 0 Å². The van der Waals surface area contributed by atoms with E-state index in [0.717, 1.165) is 36.6 Å². The van der Waals surface area contributed by atoms with Gasteiger partial charge < -0.3 is 29.8 Å². The molecule has 3 aliphatic rings. The van der Waals surface area contributed by atoms with E-state index in [4.69, 9.17) is 26.5 Å². The molecule has 9 heteroatoms. The molecule has 216 valence electrons. The lowest BCUT2D eigenvalue weighted by Crippen LogP contribution is -2.52. The van der Waals surface area contributed by atoms with Crippen molar-refractivity contribution in [3.8, 4) is 11.5 Å². The summed E-state index contributed by atoms with van der Waals surface area (Å²) in [4.78, 5) is 21.0. The fourth-order valence-corrected chi connectivity index (χ4v) is 6.23. The highest BCUT2D eigenvalue weighted by Crippen LogP contribution is 2.35. The predicted molar refractivity (Wildman–Crippen MR) is 158 cm³/mol. The largest absolute Gasteiger partial charge is 0.493 e.